The summed E-state index contributed by atoms with van der Waals surface area (Å²) in [7, 11) is 1.65. The summed E-state index contributed by atoms with van der Waals surface area (Å²) in [6.45, 7) is 1.95. The van der Waals surface area contributed by atoms with Gasteiger partial charge in [-0.3, -0.25) is 14.7 Å². The standard InChI is InChI=1S/C20H20N4OS/c1-20(9-18(25)24(2)19(21)23-20)17-8-16(12-26-17)15-7-14(10-22-11-15)6-5-13-3-4-13/h7-8,10-13H,3-4,9H2,1-2H3,(H2,21,23)/t20-/m0/s1. The average molecular weight is 364 g/mol. The number of nitrogens with zero attached hydrogens (tertiary/aromatic N) is 3. The molecule has 132 valence electrons. The molecule has 4 rings (SSSR count). The van der Waals surface area contributed by atoms with Crippen molar-refractivity contribution in [1.82, 2.24) is 9.88 Å². The first-order valence-corrected chi connectivity index (χ1v) is 9.50. The van der Waals surface area contributed by atoms with Gasteiger partial charge >= 0.3 is 0 Å². The highest BCUT2D eigenvalue weighted by Gasteiger charge is 2.37. The van der Waals surface area contributed by atoms with Crippen molar-refractivity contribution in [3.63, 3.8) is 0 Å². The van der Waals surface area contributed by atoms with Gasteiger partial charge in [-0.2, -0.15) is 0 Å². The van der Waals surface area contributed by atoms with E-state index in [-0.39, 0.29) is 11.9 Å². The molecule has 0 radical (unpaired) electrons. The number of rotatable bonds is 2. The van der Waals surface area contributed by atoms with E-state index in [1.807, 2.05) is 13.1 Å². The minimum absolute atomic E-state index is 0.0195. The number of thiophene rings is 1. The molecule has 0 bridgehead atoms. The number of nitrogens with two attached hydrogens (primary N) is 1. The molecule has 6 heteroatoms. The topological polar surface area (TPSA) is 71.6 Å². The lowest BCUT2D eigenvalue weighted by atomic mass is 9.93. The fourth-order valence-corrected chi connectivity index (χ4v) is 3.92. The highest BCUT2D eigenvalue weighted by Crippen LogP contribution is 2.39. The molecule has 1 aliphatic heterocycles. The molecule has 5 nitrogen and oxygen atoms in total. The number of amides is 1. The minimum Gasteiger partial charge on any atom is -0.369 e. The van der Waals surface area contributed by atoms with E-state index in [0.29, 0.717) is 12.3 Å². The van der Waals surface area contributed by atoms with Crippen LogP contribution in [0.25, 0.3) is 11.1 Å². The van der Waals surface area contributed by atoms with Gasteiger partial charge in [-0.05, 0) is 42.8 Å². The van der Waals surface area contributed by atoms with Gasteiger partial charge in [0, 0.05) is 41.4 Å². The number of guanidine groups is 1. The van der Waals surface area contributed by atoms with Crippen LogP contribution in [0.3, 0.4) is 0 Å². The smallest absolute Gasteiger partial charge is 0.231 e. The Morgan fingerprint density at radius 1 is 1.31 bits per heavy atom. The summed E-state index contributed by atoms with van der Waals surface area (Å²) in [5.41, 5.74) is 8.32. The predicted molar refractivity (Wildman–Crippen MR) is 104 cm³/mol. The Kier molecular flexibility index (Phi) is 4.04. The molecule has 1 saturated carbocycles. The Balaban J connectivity index is 1.63. The lowest BCUT2D eigenvalue weighted by molar-refractivity contribution is -0.128. The van der Waals surface area contributed by atoms with Gasteiger partial charge in [0.25, 0.3) is 0 Å². The van der Waals surface area contributed by atoms with E-state index in [0.717, 1.165) is 21.6 Å². The van der Waals surface area contributed by atoms with Crippen LogP contribution in [0.4, 0.5) is 0 Å². The Morgan fingerprint density at radius 2 is 2.12 bits per heavy atom. The summed E-state index contributed by atoms with van der Waals surface area (Å²) < 4.78 is 0. The largest absolute Gasteiger partial charge is 0.369 e. The van der Waals surface area contributed by atoms with Crippen LogP contribution in [-0.4, -0.2) is 28.8 Å². The highest BCUT2D eigenvalue weighted by molar-refractivity contribution is 7.10. The molecular formula is C20H20N4OS. The Labute approximate surface area is 157 Å². The predicted octanol–water partition coefficient (Wildman–Crippen LogP) is 2.96. The van der Waals surface area contributed by atoms with E-state index in [4.69, 9.17) is 5.73 Å². The van der Waals surface area contributed by atoms with Crippen LogP contribution >= 0.6 is 11.3 Å². The summed E-state index contributed by atoms with van der Waals surface area (Å²) in [5, 5.41) is 2.07. The minimum atomic E-state index is -0.618. The maximum atomic E-state index is 12.2. The van der Waals surface area contributed by atoms with Crippen LogP contribution < -0.4 is 5.73 Å². The van der Waals surface area contributed by atoms with Gasteiger partial charge < -0.3 is 5.73 Å². The molecule has 2 aliphatic rings. The van der Waals surface area contributed by atoms with Gasteiger partial charge in [0.2, 0.25) is 5.91 Å². The van der Waals surface area contributed by atoms with Gasteiger partial charge in [0.15, 0.2) is 5.96 Å². The van der Waals surface area contributed by atoms with E-state index in [9.17, 15) is 4.79 Å². The van der Waals surface area contributed by atoms with Gasteiger partial charge in [0.1, 0.15) is 5.54 Å². The van der Waals surface area contributed by atoms with Crippen molar-refractivity contribution in [3.8, 4) is 23.0 Å². The lowest BCUT2D eigenvalue weighted by Crippen LogP contribution is -2.47. The molecule has 2 N–H and O–H groups in total. The molecule has 3 heterocycles. The van der Waals surface area contributed by atoms with Gasteiger partial charge in [0.05, 0.1) is 6.42 Å². The number of aliphatic imine (C=N–C) groups is 1. The molecule has 0 unspecified atom stereocenters. The maximum absolute atomic E-state index is 12.2. The molecule has 1 amide bonds. The summed E-state index contributed by atoms with van der Waals surface area (Å²) in [4.78, 5) is 23.5. The third kappa shape index (κ3) is 3.23. The van der Waals surface area contributed by atoms with Crippen LogP contribution in [0.2, 0.25) is 0 Å². The third-order valence-electron chi connectivity index (χ3n) is 4.77. The zero-order valence-electron chi connectivity index (χ0n) is 14.8. The molecule has 1 aliphatic carbocycles. The summed E-state index contributed by atoms with van der Waals surface area (Å²) in [6, 6.07) is 4.14. The molecule has 0 saturated heterocycles. The fourth-order valence-electron chi connectivity index (χ4n) is 2.90. The zero-order chi connectivity index (χ0) is 18.3. The van der Waals surface area contributed by atoms with Crippen LogP contribution in [0.1, 0.15) is 36.6 Å². The van der Waals surface area contributed by atoms with E-state index in [2.05, 4.69) is 39.3 Å². The molecule has 26 heavy (non-hydrogen) atoms. The van der Waals surface area contributed by atoms with E-state index >= 15 is 0 Å². The first kappa shape index (κ1) is 16.8. The number of hydrogen-bond acceptors (Lipinski definition) is 5. The van der Waals surface area contributed by atoms with Crippen LogP contribution in [0, 0.1) is 17.8 Å². The number of carbonyl (C=O) groups is 1. The number of pyridine rings is 1. The van der Waals surface area contributed by atoms with E-state index in [1.165, 1.54) is 17.7 Å². The number of hydrogen-bond donors (Lipinski definition) is 1. The van der Waals surface area contributed by atoms with Crippen molar-refractivity contribution in [2.75, 3.05) is 7.05 Å². The van der Waals surface area contributed by atoms with Crippen molar-refractivity contribution >= 4 is 23.2 Å². The van der Waals surface area contributed by atoms with Gasteiger partial charge in [-0.25, -0.2) is 4.99 Å². The second-order valence-corrected chi connectivity index (χ2v) is 7.99. The van der Waals surface area contributed by atoms with E-state index in [1.54, 1.807) is 24.6 Å². The first-order chi connectivity index (χ1) is 12.4. The Morgan fingerprint density at radius 3 is 2.85 bits per heavy atom. The Bertz CT molecular complexity index is 963. The van der Waals surface area contributed by atoms with Crippen molar-refractivity contribution in [1.29, 1.82) is 0 Å². The molecule has 1 atom stereocenters. The van der Waals surface area contributed by atoms with Crippen molar-refractivity contribution in [3.05, 3.63) is 40.3 Å². The fraction of sp³-hybridized carbons (Fsp3) is 0.350. The number of aromatic nitrogens is 1. The Hall–Kier alpha value is -2.65. The van der Waals surface area contributed by atoms with Crippen LogP contribution in [-0.2, 0) is 10.3 Å². The summed E-state index contributed by atoms with van der Waals surface area (Å²) in [6.07, 6.45) is 6.38. The molecule has 0 aromatic carbocycles. The van der Waals surface area contributed by atoms with Gasteiger partial charge in [-0.1, -0.05) is 11.8 Å². The molecule has 1 fully saturated rings. The van der Waals surface area contributed by atoms with Crippen molar-refractivity contribution in [2.45, 2.75) is 31.7 Å². The van der Waals surface area contributed by atoms with Gasteiger partial charge in [-0.15, -0.1) is 11.3 Å². The highest BCUT2D eigenvalue weighted by atomic mass is 32.1. The number of carbonyl (C=O) groups excluding carboxylic acids is 1. The second-order valence-electron chi connectivity index (χ2n) is 7.08. The molecule has 2 aromatic heterocycles. The molecule has 2 aromatic rings. The monoisotopic (exact) mass is 364 g/mol. The lowest BCUT2D eigenvalue weighted by Gasteiger charge is -2.32. The average Bonchev–Trinajstić information content (AvgIpc) is 3.31. The summed E-state index contributed by atoms with van der Waals surface area (Å²) >= 11 is 1.59. The zero-order valence-corrected chi connectivity index (χ0v) is 15.6. The normalized spacial score (nSPS) is 22.6. The van der Waals surface area contributed by atoms with Crippen LogP contribution in [0.15, 0.2) is 34.9 Å². The van der Waals surface area contributed by atoms with Crippen molar-refractivity contribution in [2.24, 2.45) is 16.6 Å². The van der Waals surface area contributed by atoms with E-state index < -0.39 is 5.54 Å². The first-order valence-electron chi connectivity index (χ1n) is 8.62. The molecular weight excluding hydrogens is 344 g/mol. The summed E-state index contributed by atoms with van der Waals surface area (Å²) in [5.74, 6) is 7.29. The van der Waals surface area contributed by atoms with Crippen LogP contribution in [0.5, 0.6) is 0 Å². The third-order valence-corrected chi connectivity index (χ3v) is 5.96. The van der Waals surface area contributed by atoms with Crippen molar-refractivity contribution < 1.29 is 4.79 Å². The second kappa shape index (κ2) is 6.26. The molecule has 0 spiro atoms. The SMILES string of the molecule is CN1C(=O)C[C@@](C)(c2cc(-c3cncc(C#CC4CC4)c3)cs2)N=C1N. The quantitative estimate of drug-likeness (QED) is 0.833. The maximum Gasteiger partial charge on any atom is 0.231 e.